The van der Waals surface area contributed by atoms with Crippen molar-refractivity contribution in [2.24, 2.45) is 4.99 Å². The first-order valence-electron chi connectivity index (χ1n) is 8.74. The minimum atomic E-state index is 0.454. The highest BCUT2D eigenvalue weighted by Gasteiger charge is 2.30. The molecule has 1 aromatic heterocycles. The molecule has 0 spiro atoms. The van der Waals surface area contributed by atoms with Gasteiger partial charge in [-0.3, -0.25) is 10.7 Å². The Kier molecular flexibility index (Phi) is 3.51. The number of rotatable bonds is 3. The van der Waals surface area contributed by atoms with Crippen LogP contribution in [0.15, 0.2) is 66.6 Å². The van der Waals surface area contributed by atoms with Gasteiger partial charge in [-0.05, 0) is 17.5 Å². The van der Waals surface area contributed by atoms with Gasteiger partial charge in [0.25, 0.3) is 0 Å². The number of anilines is 2. The molecule has 2 N–H and O–H groups in total. The molecule has 0 atom stereocenters. The Morgan fingerprint density at radius 1 is 1.15 bits per heavy atom. The van der Waals surface area contributed by atoms with Crippen LogP contribution in [0, 0.1) is 0 Å². The Morgan fingerprint density at radius 3 is 2.81 bits per heavy atom. The zero-order valence-electron chi connectivity index (χ0n) is 14.6. The van der Waals surface area contributed by atoms with Gasteiger partial charge < -0.3 is 4.90 Å². The van der Waals surface area contributed by atoms with Gasteiger partial charge in [-0.25, -0.2) is 15.0 Å². The number of aromatic nitrogens is 2. The number of benzene rings is 2. The first-order chi connectivity index (χ1) is 13.3. The molecule has 0 aliphatic carbocycles. The van der Waals surface area contributed by atoms with Crippen LogP contribution in [0.4, 0.5) is 17.2 Å². The molecule has 0 radical (unpaired) electrons. The summed E-state index contributed by atoms with van der Waals surface area (Å²) in [5, 5.41) is 9.06. The first kappa shape index (κ1) is 15.7. The Labute approximate surface area is 156 Å². The average molecular weight is 355 g/mol. The van der Waals surface area contributed by atoms with Crippen LogP contribution in [0.1, 0.15) is 22.3 Å². The molecule has 2 aliphatic heterocycles. The van der Waals surface area contributed by atoms with Gasteiger partial charge in [-0.1, -0.05) is 49.0 Å². The number of hydroxylamine groups is 1. The molecule has 3 aromatic rings. The lowest BCUT2D eigenvalue weighted by molar-refractivity contribution is 0.225. The molecule has 0 saturated carbocycles. The molecule has 5 rings (SSSR count). The zero-order chi connectivity index (χ0) is 18.4. The van der Waals surface area contributed by atoms with Gasteiger partial charge in [-0.15, -0.1) is 0 Å². The topological polar surface area (TPSA) is 73.6 Å². The van der Waals surface area contributed by atoms with E-state index in [1.165, 1.54) is 11.3 Å². The Balaban J connectivity index is 1.72. The molecule has 3 heterocycles. The highest BCUT2D eigenvalue weighted by atomic mass is 16.5. The van der Waals surface area contributed by atoms with Gasteiger partial charge in [-0.2, -0.15) is 0 Å². The molecule has 0 bridgehead atoms. The highest BCUT2D eigenvalue weighted by molar-refractivity contribution is 6.19. The molecule has 0 saturated heterocycles. The summed E-state index contributed by atoms with van der Waals surface area (Å²) in [7, 11) is 0. The van der Waals surface area contributed by atoms with E-state index in [1.807, 2.05) is 24.3 Å². The Bertz CT molecular complexity index is 1090. The third-order valence-corrected chi connectivity index (χ3v) is 5.05. The van der Waals surface area contributed by atoms with E-state index in [4.69, 9.17) is 10.2 Å². The number of nitrogens with zero attached hydrogens (tertiary/aromatic N) is 4. The highest BCUT2D eigenvalue weighted by Crippen LogP contribution is 2.43. The molecule has 0 unspecified atom stereocenters. The molecule has 2 aliphatic rings. The maximum atomic E-state index is 9.06. The third kappa shape index (κ3) is 2.42. The molecule has 27 heavy (non-hydrogen) atoms. The van der Waals surface area contributed by atoms with E-state index >= 15 is 0 Å². The second-order valence-electron chi connectivity index (χ2n) is 6.57. The predicted octanol–water partition coefficient (Wildman–Crippen LogP) is 3.60. The monoisotopic (exact) mass is 355 g/mol. The summed E-state index contributed by atoms with van der Waals surface area (Å²) in [5.41, 5.74) is 9.59. The van der Waals surface area contributed by atoms with Crippen molar-refractivity contribution in [2.75, 3.05) is 11.4 Å². The lowest BCUT2D eigenvalue weighted by Gasteiger charge is -2.19. The summed E-state index contributed by atoms with van der Waals surface area (Å²) in [4.78, 5) is 15.8. The summed E-state index contributed by atoms with van der Waals surface area (Å²) in [5.74, 6) is 0.848. The number of hydrogen-bond acceptors (Lipinski definition) is 6. The fourth-order valence-electron chi connectivity index (χ4n) is 3.76. The quantitative estimate of drug-likeness (QED) is 0.702. The smallest absolute Gasteiger partial charge is 0.162 e. The van der Waals surface area contributed by atoms with Gasteiger partial charge in [0.05, 0.1) is 23.3 Å². The molecular weight excluding hydrogens is 338 g/mol. The van der Waals surface area contributed by atoms with Crippen LogP contribution in [0.2, 0.25) is 0 Å². The Morgan fingerprint density at radius 2 is 2.00 bits per heavy atom. The summed E-state index contributed by atoms with van der Waals surface area (Å²) < 4.78 is 0. The van der Waals surface area contributed by atoms with Crippen molar-refractivity contribution in [3.05, 3.63) is 83.8 Å². The fraction of sp³-hybridized carbons (Fsp3) is 0.0952. The normalized spacial score (nSPS) is 14.1. The van der Waals surface area contributed by atoms with E-state index in [1.54, 1.807) is 12.5 Å². The first-order valence-corrected chi connectivity index (χ1v) is 8.74. The van der Waals surface area contributed by atoms with E-state index in [0.717, 1.165) is 46.9 Å². The fourth-order valence-corrected chi connectivity index (χ4v) is 3.76. The van der Waals surface area contributed by atoms with Crippen LogP contribution >= 0.6 is 0 Å². The number of hydrogen-bond donors (Lipinski definition) is 2. The minimum Gasteiger partial charge on any atom is -0.323 e. The van der Waals surface area contributed by atoms with E-state index in [2.05, 4.69) is 45.1 Å². The second-order valence-corrected chi connectivity index (χ2v) is 6.57. The second kappa shape index (κ2) is 6.03. The van der Waals surface area contributed by atoms with Gasteiger partial charge in [0.2, 0.25) is 0 Å². The molecule has 6 heteroatoms. The molecule has 2 aromatic carbocycles. The van der Waals surface area contributed by atoms with Crippen molar-refractivity contribution in [2.45, 2.75) is 6.42 Å². The summed E-state index contributed by atoms with van der Waals surface area (Å²) in [6.07, 6.45) is 4.32. The Hall–Kier alpha value is -3.51. The van der Waals surface area contributed by atoms with Crippen molar-refractivity contribution in [3.63, 3.8) is 0 Å². The number of aliphatic imine (C=N–C) groups is 1. The van der Waals surface area contributed by atoms with Crippen LogP contribution in [-0.4, -0.2) is 27.4 Å². The van der Waals surface area contributed by atoms with Gasteiger partial charge in [0, 0.05) is 17.7 Å². The van der Waals surface area contributed by atoms with Crippen LogP contribution in [0.25, 0.3) is 5.70 Å². The number of fused-ring (bicyclic) bond motifs is 2. The van der Waals surface area contributed by atoms with Crippen molar-refractivity contribution >= 4 is 28.6 Å². The predicted molar refractivity (Wildman–Crippen MR) is 105 cm³/mol. The molecule has 6 nitrogen and oxygen atoms in total. The maximum Gasteiger partial charge on any atom is 0.162 e. The van der Waals surface area contributed by atoms with Crippen molar-refractivity contribution < 1.29 is 5.21 Å². The molecular formula is C21H17N5O. The van der Waals surface area contributed by atoms with E-state index in [9.17, 15) is 0 Å². The minimum absolute atomic E-state index is 0.454. The standard InChI is InChI=1S/C21H17N5O/c1-13(25-27)14-5-7-15(8-6-14)19-17-4-2-3-16-9-10-26(20(16)17)21-18(24-19)11-22-12-23-21/h2-8,11-12,25,27H,1,9-10H2. The lowest BCUT2D eigenvalue weighted by atomic mass is 9.97. The van der Waals surface area contributed by atoms with Crippen LogP contribution < -0.4 is 10.4 Å². The van der Waals surface area contributed by atoms with Crippen LogP contribution in [0.3, 0.4) is 0 Å². The molecule has 132 valence electrons. The third-order valence-electron chi connectivity index (χ3n) is 5.05. The van der Waals surface area contributed by atoms with Crippen LogP contribution in [0.5, 0.6) is 0 Å². The van der Waals surface area contributed by atoms with Gasteiger partial charge >= 0.3 is 0 Å². The van der Waals surface area contributed by atoms with E-state index < -0.39 is 0 Å². The lowest BCUT2D eigenvalue weighted by Crippen LogP contribution is -2.16. The largest absolute Gasteiger partial charge is 0.323 e. The van der Waals surface area contributed by atoms with E-state index in [-0.39, 0.29) is 0 Å². The van der Waals surface area contributed by atoms with Crippen molar-refractivity contribution in [1.82, 2.24) is 15.4 Å². The molecule has 0 fully saturated rings. The zero-order valence-corrected chi connectivity index (χ0v) is 14.6. The van der Waals surface area contributed by atoms with Crippen LogP contribution in [-0.2, 0) is 6.42 Å². The number of nitrogens with one attached hydrogen (secondary N) is 1. The van der Waals surface area contributed by atoms with Crippen molar-refractivity contribution in [3.8, 4) is 0 Å². The average Bonchev–Trinajstić information content (AvgIpc) is 3.10. The van der Waals surface area contributed by atoms with Crippen molar-refractivity contribution in [1.29, 1.82) is 0 Å². The SMILES string of the molecule is C=C(NO)c1ccc(C2=Nc3cncnc3N3CCc4cccc2c43)cc1. The van der Waals surface area contributed by atoms with E-state index in [0.29, 0.717) is 5.70 Å². The van der Waals surface area contributed by atoms with Gasteiger partial charge in [0.1, 0.15) is 12.0 Å². The summed E-state index contributed by atoms with van der Waals surface area (Å²) >= 11 is 0. The summed E-state index contributed by atoms with van der Waals surface area (Å²) in [6.45, 7) is 4.67. The number of para-hydroxylation sites is 1. The maximum absolute atomic E-state index is 9.06. The molecule has 0 amide bonds. The summed E-state index contributed by atoms with van der Waals surface area (Å²) in [6, 6.07) is 14.2. The van der Waals surface area contributed by atoms with Gasteiger partial charge in [0.15, 0.2) is 5.82 Å².